The van der Waals surface area contributed by atoms with Gasteiger partial charge in [0, 0.05) is 17.6 Å². The summed E-state index contributed by atoms with van der Waals surface area (Å²) in [7, 11) is 0. The maximum atomic E-state index is 11.7. The molecule has 0 atom stereocenters. The predicted molar refractivity (Wildman–Crippen MR) is 101 cm³/mol. The number of anilines is 1. The van der Waals surface area contributed by atoms with E-state index in [1.807, 2.05) is 6.07 Å². The standard InChI is InChI=1S/C17H18ClN3O5S/c1-11-5-14(21-26-11)20-16(23)9-27-10-17(24)25-8-15(22)19-7-12-3-2-4-13(18)6-12/h2-6H,7-10H2,1H3,(H,19,22)(H,20,21,23). The molecule has 2 aromatic rings. The van der Waals surface area contributed by atoms with Crippen molar-refractivity contribution < 1.29 is 23.6 Å². The summed E-state index contributed by atoms with van der Waals surface area (Å²) in [5.41, 5.74) is 0.839. The van der Waals surface area contributed by atoms with Crippen LogP contribution in [0.3, 0.4) is 0 Å². The highest BCUT2D eigenvalue weighted by Gasteiger charge is 2.11. The Bertz CT molecular complexity index is 811. The van der Waals surface area contributed by atoms with Gasteiger partial charge >= 0.3 is 5.97 Å². The van der Waals surface area contributed by atoms with Gasteiger partial charge in [0.25, 0.3) is 5.91 Å². The average molecular weight is 412 g/mol. The SMILES string of the molecule is Cc1cc(NC(=O)CSCC(=O)OCC(=O)NCc2cccc(Cl)c2)no1. The van der Waals surface area contributed by atoms with E-state index in [9.17, 15) is 14.4 Å². The lowest BCUT2D eigenvalue weighted by molar-refractivity contribution is -0.145. The lowest BCUT2D eigenvalue weighted by Gasteiger charge is -2.07. The molecule has 0 unspecified atom stereocenters. The van der Waals surface area contributed by atoms with Gasteiger partial charge in [0.05, 0.1) is 11.5 Å². The topological polar surface area (TPSA) is 111 Å². The van der Waals surface area contributed by atoms with Crippen molar-refractivity contribution in [3.63, 3.8) is 0 Å². The number of hydrogen-bond acceptors (Lipinski definition) is 7. The lowest BCUT2D eigenvalue weighted by atomic mass is 10.2. The first kappa shape index (κ1) is 20.8. The zero-order valence-electron chi connectivity index (χ0n) is 14.5. The molecule has 1 aromatic heterocycles. The summed E-state index contributed by atoms with van der Waals surface area (Å²) < 4.78 is 9.69. The number of thioether (sulfide) groups is 1. The number of benzene rings is 1. The molecule has 0 bridgehead atoms. The number of ether oxygens (including phenoxy) is 1. The minimum atomic E-state index is -0.581. The largest absolute Gasteiger partial charge is 0.455 e. The van der Waals surface area contributed by atoms with Gasteiger partial charge in [-0.05, 0) is 24.6 Å². The molecule has 0 aliphatic carbocycles. The zero-order valence-corrected chi connectivity index (χ0v) is 16.1. The van der Waals surface area contributed by atoms with Crippen LogP contribution in [0.2, 0.25) is 5.02 Å². The van der Waals surface area contributed by atoms with E-state index < -0.39 is 11.9 Å². The quantitative estimate of drug-likeness (QED) is 0.608. The summed E-state index contributed by atoms with van der Waals surface area (Å²) in [6, 6.07) is 8.65. The third-order valence-electron chi connectivity index (χ3n) is 3.09. The molecule has 2 amide bonds. The normalized spacial score (nSPS) is 10.3. The number of rotatable bonds is 9. The number of nitrogens with zero attached hydrogens (tertiary/aromatic N) is 1. The number of aromatic nitrogens is 1. The van der Waals surface area contributed by atoms with Crippen LogP contribution in [0, 0.1) is 6.92 Å². The molecule has 1 aromatic carbocycles. The molecular weight excluding hydrogens is 394 g/mol. The Balaban J connectivity index is 1.57. The predicted octanol–water partition coefficient (Wildman–Crippen LogP) is 2.17. The summed E-state index contributed by atoms with van der Waals surface area (Å²) in [5, 5.41) is 9.37. The van der Waals surface area contributed by atoms with Crippen molar-refractivity contribution in [3.8, 4) is 0 Å². The Hall–Kier alpha value is -2.52. The summed E-state index contributed by atoms with van der Waals surface area (Å²) in [4.78, 5) is 35.0. The molecule has 10 heteroatoms. The van der Waals surface area contributed by atoms with Crippen LogP contribution in [0.5, 0.6) is 0 Å². The van der Waals surface area contributed by atoms with Crippen LogP contribution in [-0.2, 0) is 25.7 Å². The fourth-order valence-electron chi connectivity index (χ4n) is 1.92. The first-order valence-electron chi connectivity index (χ1n) is 7.90. The van der Waals surface area contributed by atoms with Gasteiger partial charge in [0.1, 0.15) is 5.76 Å². The van der Waals surface area contributed by atoms with Gasteiger partial charge in [0.2, 0.25) is 5.91 Å². The molecule has 0 saturated heterocycles. The second-order valence-corrected chi connectivity index (χ2v) is 6.85. The van der Waals surface area contributed by atoms with Gasteiger partial charge in [-0.1, -0.05) is 28.9 Å². The third-order valence-corrected chi connectivity index (χ3v) is 4.23. The van der Waals surface area contributed by atoms with Gasteiger partial charge in [-0.15, -0.1) is 11.8 Å². The smallest absolute Gasteiger partial charge is 0.316 e. The minimum absolute atomic E-state index is 0.0436. The zero-order chi connectivity index (χ0) is 19.6. The maximum Gasteiger partial charge on any atom is 0.316 e. The first-order chi connectivity index (χ1) is 12.9. The molecule has 8 nitrogen and oxygen atoms in total. The van der Waals surface area contributed by atoms with E-state index in [0.29, 0.717) is 16.6 Å². The van der Waals surface area contributed by atoms with Crippen LogP contribution in [-0.4, -0.2) is 41.1 Å². The van der Waals surface area contributed by atoms with E-state index in [1.165, 1.54) is 0 Å². The molecule has 0 saturated carbocycles. The molecule has 1 heterocycles. The molecule has 2 N–H and O–H groups in total. The summed E-state index contributed by atoms with van der Waals surface area (Å²) in [6.45, 7) is 1.61. The Morgan fingerprint density at radius 1 is 1.22 bits per heavy atom. The van der Waals surface area contributed by atoms with Crippen molar-refractivity contribution in [1.82, 2.24) is 10.5 Å². The minimum Gasteiger partial charge on any atom is -0.455 e. The van der Waals surface area contributed by atoms with Gasteiger partial charge in [-0.3, -0.25) is 14.4 Å². The molecule has 0 radical (unpaired) electrons. The molecule has 0 aliphatic heterocycles. The number of aryl methyl sites for hydroxylation is 1. The van der Waals surface area contributed by atoms with Crippen LogP contribution < -0.4 is 10.6 Å². The number of carbonyl (C=O) groups excluding carboxylic acids is 3. The van der Waals surface area contributed by atoms with Crippen LogP contribution in [0.15, 0.2) is 34.9 Å². The molecule has 0 spiro atoms. The van der Waals surface area contributed by atoms with E-state index in [-0.39, 0.29) is 30.6 Å². The van der Waals surface area contributed by atoms with Crippen LogP contribution >= 0.6 is 23.4 Å². The summed E-state index contributed by atoms with van der Waals surface area (Å²) >= 11 is 6.93. The Morgan fingerprint density at radius 2 is 2.04 bits per heavy atom. The fraction of sp³-hybridized carbons (Fsp3) is 0.294. The van der Waals surface area contributed by atoms with Gasteiger partial charge in [-0.25, -0.2) is 0 Å². The molecule has 0 fully saturated rings. The Kier molecular flexibility index (Phi) is 8.15. The number of hydrogen-bond donors (Lipinski definition) is 2. The number of esters is 1. The highest BCUT2D eigenvalue weighted by molar-refractivity contribution is 8.00. The Morgan fingerprint density at radius 3 is 2.74 bits per heavy atom. The molecular formula is C17H18ClN3O5S. The molecule has 0 aliphatic rings. The van der Waals surface area contributed by atoms with Crippen molar-refractivity contribution in [2.24, 2.45) is 0 Å². The summed E-state index contributed by atoms with van der Waals surface area (Å²) in [5.74, 6) is -0.433. The highest BCUT2D eigenvalue weighted by atomic mass is 35.5. The van der Waals surface area contributed by atoms with Crippen molar-refractivity contribution in [2.75, 3.05) is 23.4 Å². The lowest BCUT2D eigenvalue weighted by Crippen LogP contribution is -2.28. The summed E-state index contributed by atoms with van der Waals surface area (Å²) in [6.07, 6.45) is 0. The van der Waals surface area contributed by atoms with Crippen molar-refractivity contribution in [1.29, 1.82) is 0 Å². The number of carbonyl (C=O) groups is 3. The number of nitrogens with one attached hydrogen (secondary N) is 2. The molecule has 27 heavy (non-hydrogen) atoms. The van der Waals surface area contributed by atoms with Crippen molar-refractivity contribution in [2.45, 2.75) is 13.5 Å². The van der Waals surface area contributed by atoms with E-state index in [0.717, 1.165) is 17.3 Å². The van der Waals surface area contributed by atoms with Crippen LogP contribution in [0.4, 0.5) is 5.82 Å². The Labute approximate surface area is 164 Å². The van der Waals surface area contributed by atoms with Gasteiger partial charge in [0.15, 0.2) is 12.4 Å². The van der Waals surface area contributed by atoms with Gasteiger partial charge < -0.3 is 19.9 Å². The van der Waals surface area contributed by atoms with E-state index in [2.05, 4.69) is 15.8 Å². The van der Waals surface area contributed by atoms with E-state index >= 15 is 0 Å². The number of halogens is 1. The van der Waals surface area contributed by atoms with E-state index in [1.54, 1.807) is 31.2 Å². The van der Waals surface area contributed by atoms with E-state index in [4.69, 9.17) is 20.9 Å². The maximum absolute atomic E-state index is 11.7. The van der Waals surface area contributed by atoms with Crippen LogP contribution in [0.1, 0.15) is 11.3 Å². The highest BCUT2D eigenvalue weighted by Crippen LogP contribution is 2.10. The second kappa shape index (κ2) is 10.6. The molecule has 2 rings (SSSR count). The third kappa shape index (κ3) is 8.14. The fourth-order valence-corrected chi connectivity index (χ4v) is 2.74. The second-order valence-electron chi connectivity index (χ2n) is 5.43. The van der Waals surface area contributed by atoms with Gasteiger partial charge in [-0.2, -0.15) is 0 Å². The first-order valence-corrected chi connectivity index (χ1v) is 9.43. The molecule has 144 valence electrons. The van der Waals surface area contributed by atoms with Crippen molar-refractivity contribution in [3.05, 3.63) is 46.7 Å². The van der Waals surface area contributed by atoms with Crippen molar-refractivity contribution >= 4 is 47.0 Å². The monoisotopic (exact) mass is 411 g/mol. The van der Waals surface area contributed by atoms with Crippen LogP contribution in [0.25, 0.3) is 0 Å². The average Bonchev–Trinajstić information content (AvgIpc) is 3.03. The number of amides is 2.